The molecule has 0 aliphatic carbocycles. The Hall–Kier alpha value is -6.58. The Bertz CT molecular complexity index is 3090. The van der Waals surface area contributed by atoms with Crippen molar-refractivity contribution in [3.8, 4) is 17.1 Å². The number of fused-ring (bicyclic) bond motifs is 12. The number of hydrogen-bond acceptors (Lipinski definition) is 0. The fraction of sp³-hybridized carbons (Fsp3) is 0. The third-order valence-corrected chi connectivity index (χ3v) is 10.4. The standard InChI is InChI=1S/C46H29N3/c1-3-13-30(14-4-1)47-41-20-10-7-17-33(41)36-24-23-32(29-44(36)47)49-43-22-12-9-19-35(43)38-26-27-39-40(46(38)49)28-25-37-34-18-8-11-21-42(34)48(45(37)39)31-15-5-2-6-16-31/h1-29H. The average Bonchev–Trinajstić information content (AvgIpc) is 3.81. The van der Waals surface area contributed by atoms with Crippen LogP contribution in [0.25, 0.3) is 93.3 Å². The lowest BCUT2D eigenvalue weighted by atomic mass is 10.0. The number of nitrogens with zero attached hydrogens (tertiary/aromatic N) is 3. The van der Waals surface area contributed by atoms with Crippen molar-refractivity contribution in [2.75, 3.05) is 0 Å². The zero-order valence-corrected chi connectivity index (χ0v) is 26.6. The topological polar surface area (TPSA) is 14.8 Å². The number of benzene rings is 8. The molecule has 49 heavy (non-hydrogen) atoms. The molecule has 0 saturated heterocycles. The van der Waals surface area contributed by atoms with Crippen molar-refractivity contribution in [3.05, 3.63) is 176 Å². The maximum atomic E-state index is 2.49. The van der Waals surface area contributed by atoms with Gasteiger partial charge < -0.3 is 13.7 Å². The molecule has 0 saturated carbocycles. The molecule has 0 aliphatic rings. The van der Waals surface area contributed by atoms with E-state index in [1.165, 1.54) is 81.9 Å². The second-order valence-electron chi connectivity index (χ2n) is 12.9. The molecular weight excluding hydrogens is 595 g/mol. The van der Waals surface area contributed by atoms with Gasteiger partial charge in [0.1, 0.15) is 0 Å². The Morgan fingerprint density at radius 1 is 0.224 bits per heavy atom. The molecule has 0 radical (unpaired) electrons. The van der Waals surface area contributed by atoms with Crippen molar-refractivity contribution in [1.29, 1.82) is 0 Å². The van der Waals surface area contributed by atoms with Crippen LogP contribution < -0.4 is 0 Å². The predicted molar refractivity (Wildman–Crippen MR) is 207 cm³/mol. The molecule has 0 atom stereocenters. The summed E-state index contributed by atoms with van der Waals surface area (Å²) in [6.07, 6.45) is 0. The van der Waals surface area contributed by atoms with Gasteiger partial charge >= 0.3 is 0 Å². The highest BCUT2D eigenvalue weighted by Crippen LogP contribution is 2.43. The van der Waals surface area contributed by atoms with Crippen molar-refractivity contribution < 1.29 is 0 Å². The third-order valence-electron chi connectivity index (χ3n) is 10.4. The van der Waals surface area contributed by atoms with Crippen LogP contribution in [-0.4, -0.2) is 13.7 Å². The summed E-state index contributed by atoms with van der Waals surface area (Å²) in [4.78, 5) is 0. The second kappa shape index (κ2) is 9.96. The maximum absolute atomic E-state index is 2.49. The van der Waals surface area contributed by atoms with Gasteiger partial charge in [0.25, 0.3) is 0 Å². The molecule has 3 heteroatoms. The van der Waals surface area contributed by atoms with E-state index in [4.69, 9.17) is 0 Å². The lowest BCUT2D eigenvalue weighted by Gasteiger charge is -2.13. The summed E-state index contributed by atoms with van der Waals surface area (Å²) in [6.45, 7) is 0. The average molecular weight is 624 g/mol. The molecule has 11 aromatic rings. The Morgan fingerprint density at radius 2 is 0.571 bits per heavy atom. The van der Waals surface area contributed by atoms with Crippen LogP contribution in [-0.2, 0) is 0 Å². The summed E-state index contributed by atoms with van der Waals surface area (Å²) in [6, 6.07) is 64.2. The molecule has 0 aliphatic heterocycles. The largest absolute Gasteiger partial charge is 0.309 e. The minimum atomic E-state index is 1.15. The summed E-state index contributed by atoms with van der Waals surface area (Å²) in [5.74, 6) is 0. The molecule has 0 bridgehead atoms. The highest BCUT2D eigenvalue weighted by Gasteiger charge is 2.21. The van der Waals surface area contributed by atoms with Crippen LogP contribution in [0.4, 0.5) is 0 Å². The first-order chi connectivity index (χ1) is 24.3. The SMILES string of the molecule is c1ccc(-n2c3ccccc3c3ccc(-n4c5ccccc5c5ccc6c(ccc7c8ccccc8n(-c8ccccc8)c76)c54)cc32)cc1. The Balaban J connectivity index is 1.29. The van der Waals surface area contributed by atoms with Crippen LogP contribution in [0.2, 0.25) is 0 Å². The predicted octanol–water partition coefficient (Wildman–Crippen LogP) is 12.1. The van der Waals surface area contributed by atoms with Gasteiger partial charge in [0.15, 0.2) is 0 Å². The maximum Gasteiger partial charge on any atom is 0.0620 e. The monoisotopic (exact) mass is 623 g/mol. The second-order valence-corrected chi connectivity index (χ2v) is 12.9. The van der Waals surface area contributed by atoms with E-state index in [0.717, 1.165) is 11.4 Å². The first kappa shape index (κ1) is 26.5. The highest BCUT2D eigenvalue weighted by atomic mass is 15.0. The zero-order valence-electron chi connectivity index (χ0n) is 26.6. The van der Waals surface area contributed by atoms with Crippen molar-refractivity contribution >= 4 is 76.2 Å². The molecular formula is C46H29N3. The molecule has 3 aromatic heterocycles. The van der Waals surface area contributed by atoms with E-state index in [2.05, 4.69) is 190 Å². The molecule has 11 rings (SSSR count). The van der Waals surface area contributed by atoms with Crippen LogP contribution in [0.3, 0.4) is 0 Å². The Morgan fingerprint density at radius 3 is 1.10 bits per heavy atom. The van der Waals surface area contributed by atoms with Crippen molar-refractivity contribution in [1.82, 2.24) is 13.7 Å². The molecule has 0 spiro atoms. The zero-order chi connectivity index (χ0) is 32.1. The summed E-state index contributed by atoms with van der Waals surface area (Å²) >= 11 is 0. The molecule has 3 nitrogen and oxygen atoms in total. The summed E-state index contributed by atoms with van der Waals surface area (Å²) in [5.41, 5.74) is 10.8. The first-order valence-electron chi connectivity index (χ1n) is 16.9. The highest BCUT2D eigenvalue weighted by molar-refractivity contribution is 6.26. The third kappa shape index (κ3) is 3.62. The Labute approximate surface area is 282 Å². The molecule has 0 unspecified atom stereocenters. The molecule has 0 N–H and O–H groups in total. The van der Waals surface area contributed by atoms with Crippen molar-refractivity contribution in [3.63, 3.8) is 0 Å². The van der Waals surface area contributed by atoms with E-state index in [9.17, 15) is 0 Å². The van der Waals surface area contributed by atoms with Crippen LogP contribution in [0.15, 0.2) is 176 Å². The van der Waals surface area contributed by atoms with Gasteiger partial charge in [0.2, 0.25) is 0 Å². The fourth-order valence-corrected chi connectivity index (χ4v) is 8.39. The van der Waals surface area contributed by atoms with Gasteiger partial charge in [0, 0.05) is 60.2 Å². The minimum Gasteiger partial charge on any atom is -0.309 e. The van der Waals surface area contributed by atoms with Gasteiger partial charge in [-0.3, -0.25) is 0 Å². The molecule has 0 fully saturated rings. The van der Waals surface area contributed by atoms with Gasteiger partial charge in [-0.05, 0) is 54.6 Å². The molecule has 3 heterocycles. The van der Waals surface area contributed by atoms with Gasteiger partial charge in [-0.25, -0.2) is 0 Å². The first-order valence-corrected chi connectivity index (χ1v) is 16.9. The van der Waals surface area contributed by atoms with Gasteiger partial charge in [0.05, 0.1) is 33.1 Å². The lowest BCUT2D eigenvalue weighted by molar-refractivity contribution is 1.16. The summed E-state index contributed by atoms with van der Waals surface area (Å²) in [7, 11) is 0. The number of aromatic nitrogens is 3. The van der Waals surface area contributed by atoms with Gasteiger partial charge in [-0.1, -0.05) is 121 Å². The van der Waals surface area contributed by atoms with Crippen LogP contribution >= 0.6 is 0 Å². The van der Waals surface area contributed by atoms with Crippen LogP contribution in [0, 0.1) is 0 Å². The van der Waals surface area contributed by atoms with E-state index < -0.39 is 0 Å². The van der Waals surface area contributed by atoms with E-state index in [-0.39, 0.29) is 0 Å². The van der Waals surface area contributed by atoms with E-state index in [0.29, 0.717) is 0 Å². The lowest BCUT2D eigenvalue weighted by Crippen LogP contribution is -1.98. The van der Waals surface area contributed by atoms with Crippen molar-refractivity contribution in [2.45, 2.75) is 0 Å². The van der Waals surface area contributed by atoms with E-state index in [1.807, 2.05) is 0 Å². The Kier molecular flexibility index (Phi) is 5.38. The molecule has 8 aromatic carbocycles. The van der Waals surface area contributed by atoms with Crippen LogP contribution in [0.5, 0.6) is 0 Å². The molecule has 0 amide bonds. The summed E-state index contributed by atoms with van der Waals surface area (Å²) < 4.78 is 7.33. The quantitative estimate of drug-likeness (QED) is 0.186. The van der Waals surface area contributed by atoms with Gasteiger partial charge in [-0.15, -0.1) is 0 Å². The van der Waals surface area contributed by atoms with E-state index >= 15 is 0 Å². The number of para-hydroxylation sites is 5. The number of hydrogen-bond donors (Lipinski definition) is 0. The number of rotatable bonds is 3. The van der Waals surface area contributed by atoms with Crippen molar-refractivity contribution in [2.24, 2.45) is 0 Å². The summed E-state index contributed by atoms with van der Waals surface area (Å²) in [5, 5.41) is 10.0. The van der Waals surface area contributed by atoms with Gasteiger partial charge in [-0.2, -0.15) is 0 Å². The van der Waals surface area contributed by atoms with E-state index in [1.54, 1.807) is 0 Å². The minimum absolute atomic E-state index is 1.15. The normalized spacial score (nSPS) is 12.1. The van der Waals surface area contributed by atoms with Crippen LogP contribution in [0.1, 0.15) is 0 Å². The smallest absolute Gasteiger partial charge is 0.0620 e. The molecule has 228 valence electrons. The fourth-order valence-electron chi connectivity index (χ4n) is 8.39.